The summed E-state index contributed by atoms with van der Waals surface area (Å²) >= 11 is 0. The van der Waals surface area contributed by atoms with Gasteiger partial charge in [-0.2, -0.15) is 24.9 Å². The first-order chi connectivity index (χ1) is 13.9. The van der Waals surface area contributed by atoms with E-state index in [0.717, 1.165) is 11.3 Å². The molecule has 2 aliphatic heterocycles. The first-order valence-corrected chi connectivity index (χ1v) is 8.93. The van der Waals surface area contributed by atoms with E-state index in [1.165, 1.54) is 15.9 Å². The lowest BCUT2D eigenvalue weighted by atomic mass is 10.1. The molecule has 1 unspecified atom stereocenters. The fourth-order valence-corrected chi connectivity index (χ4v) is 3.06. The summed E-state index contributed by atoms with van der Waals surface area (Å²) in [7, 11) is 3.29. The number of fused-ring (bicyclic) bond motifs is 1. The SMILES string of the molecule is COc1ccc(CC(=O)Nc2cc(C)nn2C2=NC(=O)C3C=NN(C)C3=N2)cc1. The molecule has 0 spiro atoms. The molecule has 2 amide bonds. The second-order valence-electron chi connectivity index (χ2n) is 6.64. The number of aliphatic imine (C=N–C) groups is 2. The van der Waals surface area contributed by atoms with Crippen LogP contribution in [0.25, 0.3) is 0 Å². The molecule has 0 saturated carbocycles. The molecule has 1 atom stereocenters. The standard InChI is InChI=1S/C19H19N7O3/c1-11-8-15(21-16(27)9-12-4-6-13(29-3)7-5-12)26(24-11)19-22-17-14(18(28)23-19)10-20-25(17)2/h4-8,10,14H,9H2,1-3H3,(H,21,27). The fraction of sp³-hybridized carbons (Fsp3) is 0.263. The number of anilines is 1. The molecule has 2 aromatic rings. The quantitative estimate of drug-likeness (QED) is 0.835. The van der Waals surface area contributed by atoms with Crippen LogP contribution < -0.4 is 10.1 Å². The number of amidine groups is 1. The number of carbonyl (C=O) groups excluding carboxylic acids is 2. The van der Waals surface area contributed by atoms with E-state index in [2.05, 4.69) is 25.5 Å². The number of ether oxygens (including phenoxy) is 1. The van der Waals surface area contributed by atoms with Crippen LogP contribution in [-0.4, -0.2) is 58.8 Å². The van der Waals surface area contributed by atoms with Crippen LogP contribution in [0.3, 0.4) is 0 Å². The highest BCUT2D eigenvalue weighted by atomic mass is 16.5. The molecule has 1 aromatic heterocycles. The Kier molecular flexibility index (Phi) is 4.67. The summed E-state index contributed by atoms with van der Waals surface area (Å²) in [4.78, 5) is 33.3. The molecular formula is C19H19N7O3. The van der Waals surface area contributed by atoms with Crippen molar-refractivity contribution in [3.8, 4) is 5.75 Å². The van der Waals surface area contributed by atoms with Gasteiger partial charge in [0.25, 0.3) is 11.9 Å². The van der Waals surface area contributed by atoms with Crippen molar-refractivity contribution in [2.24, 2.45) is 21.0 Å². The molecule has 10 heteroatoms. The Morgan fingerprint density at radius 1 is 1.24 bits per heavy atom. The van der Waals surface area contributed by atoms with Crippen molar-refractivity contribution >= 4 is 35.6 Å². The number of rotatable bonds is 4. The number of carbonyl (C=O) groups is 2. The number of hydrogen-bond acceptors (Lipinski definition) is 7. The molecule has 1 N–H and O–H groups in total. The lowest BCUT2D eigenvalue weighted by Gasteiger charge is -2.17. The zero-order chi connectivity index (χ0) is 20.5. The van der Waals surface area contributed by atoms with Crippen LogP contribution in [0.1, 0.15) is 11.3 Å². The fourth-order valence-electron chi connectivity index (χ4n) is 3.06. The van der Waals surface area contributed by atoms with E-state index in [1.54, 1.807) is 39.3 Å². The van der Waals surface area contributed by atoms with E-state index < -0.39 is 5.92 Å². The molecule has 3 heterocycles. The van der Waals surface area contributed by atoms with E-state index in [1.807, 2.05) is 12.1 Å². The predicted molar refractivity (Wildman–Crippen MR) is 107 cm³/mol. The summed E-state index contributed by atoms with van der Waals surface area (Å²) in [6.07, 6.45) is 1.68. The van der Waals surface area contributed by atoms with Gasteiger partial charge in [0.2, 0.25) is 5.91 Å². The minimum Gasteiger partial charge on any atom is -0.497 e. The van der Waals surface area contributed by atoms with Gasteiger partial charge in [0.1, 0.15) is 23.3 Å². The number of nitrogens with one attached hydrogen (secondary N) is 1. The van der Waals surface area contributed by atoms with Crippen LogP contribution in [0, 0.1) is 12.8 Å². The van der Waals surface area contributed by atoms with Crippen LogP contribution in [0.4, 0.5) is 5.82 Å². The molecule has 10 nitrogen and oxygen atoms in total. The molecule has 0 saturated heterocycles. The Bertz CT molecular complexity index is 1070. The summed E-state index contributed by atoms with van der Waals surface area (Å²) in [5.41, 5.74) is 1.49. The van der Waals surface area contributed by atoms with Gasteiger partial charge < -0.3 is 10.1 Å². The van der Waals surface area contributed by atoms with Crippen LogP contribution in [0.2, 0.25) is 0 Å². The zero-order valence-corrected chi connectivity index (χ0v) is 16.2. The second-order valence-corrected chi connectivity index (χ2v) is 6.64. The van der Waals surface area contributed by atoms with Gasteiger partial charge in [0.05, 0.1) is 19.2 Å². The molecule has 2 aliphatic rings. The Labute approximate surface area is 166 Å². The highest BCUT2D eigenvalue weighted by molar-refractivity contribution is 6.24. The average molecular weight is 393 g/mol. The minimum atomic E-state index is -0.575. The molecule has 148 valence electrons. The van der Waals surface area contributed by atoms with Crippen molar-refractivity contribution in [2.45, 2.75) is 13.3 Å². The van der Waals surface area contributed by atoms with Crippen molar-refractivity contribution in [2.75, 3.05) is 19.5 Å². The monoisotopic (exact) mass is 393 g/mol. The number of aryl methyl sites for hydroxylation is 1. The number of aromatic nitrogens is 2. The van der Waals surface area contributed by atoms with E-state index in [-0.39, 0.29) is 24.2 Å². The van der Waals surface area contributed by atoms with Crippen molar-refractivity contribution < 1.29 is 14.3 Å². The first-order valence-electron chi connectivity index (χ1n) is 8.93. The molecule has 1 aromatic carbocycles. The maximum atomic E-state index is 12.5. The summed E-state index contributed by atoms with van der Waals surface area (Å²) in [5.74, 6) is 0.495. The molecule has 4 rings (SSSR count). The number of methoxy groups -OCH3 is 1. The highest BCUT2D eigenvalue weighted by Gasteiger charge is 2.35. The third kappa shape index (κ3) is 3.64. The van der Waals surface area contributed by atoms with E-state index in [0.29, 0.717) is 17.3 Å². The molecule has 0 bridgehead atoms. The Morgan fingerprint density at radius 3 is 2.72 bits per heavy atom. The van der Waals surface area contributed by atoms with E-state index in [9.17, 15) is 9.59 Å². The lowest BCUT2D eigenvalue weighted by Crippen LogP contribution is -2.35. The van der Waals surface area contributed by atoms with Gasteiger partial charge >= 0.3 is 0 Å². The minimum absolute atomic E-state index is 0.0893. The van der Waals surface area contributed by atoms with Crippen LogP contribution in [0.5, 0.6) is 5.75 Å². The number of benzene rings is 1. The Balaban J connectivity index is 1.55. The normalized spacial score (nSPS) is 17.7. The largest absolute Gasteiger partial charge is 0.497 e. The van der Waals surface area contributed by atoms with Gasteiger partial charge in [-0.3, -0.25) is 14.6 Å². The van der Waals surface area contributed by atoms with Gasteiger partial charge in [0, 0.05) is 19.3 Å². The summed E-state index contributed by atoms with van der Waals surface area (Å²) < 4.78 is 6.48. The van der Waals surface area contributed by atoms with Gasteiger partial charge in [-0.1, -0.05) is 12.1 Å². The molecule has 0 aliphatic carbocycles. The highest BCUT2D eigenvalue weighted by Crippen LogP contribution is 2.19. The number of nitrogens with zero attached hydrogens (tertiary/aromatic N) is 6. The predicted octanol–water partition coefficient (Wildman–Crippen LogP) is 1.07. The summed E-state index contributed by atoms with van der Waals surface area (Å²) in [6.45, 7) is 1.78. The average Bonchev–Trinajstić information content (AvgIpc) is 3.25. The number of amides is 2. The number of hydrogen-bond donors (Lipinski definition) is 1. The van der Waals surface area contributed by atoms with Crippen LogP contribution in [0.15, 0.2) is 45.4 Å². The van der Waals surface area contributed by atoms with E-state index >= 15 is 0 Å². The molecule has 0 fully saturated rings. The third-order valence-electron chi connectivity index (χ3n) is 4.50. The lowest BCUT2D eigenvalue weighted by molar-refractivity contribution is -0.118. The zero-order valence-electron chi connectivity index (χ0n) is 16.2. The smallest absolute Gasteiger partial charge is 0.265 e. The Hall–Kier alpha value is -3.82. The number of hydrazone groups is 1. The second kappa shape index (κ2) is 7.30. The topological polar surface area (TPSA) is 114 Å². The van der Waals surface area contributed by atoms with Crippen molar-refractivity contribution in [3.05, 3.63) is 41.6 Å². The Morgan fingerprint density at radius 2 is 2.00 bits per heavy atom. The van der Waals surface area contributed by atoms with Gasteiger partial charge in [0.15, 0.2) is 0 Å². The van der Waals surface area contributed by atoms with Gasteiger partial charge in [-0.15, -0.1) is 0 Å². The maximum Gasteiger partial charge on any atom is 0.265 e. The van der Waals surface area contributed by atoms with Crippen molar-refractivity contribution in [3.63, 3.8) is 0 Å². The molecule has 0 radical (unpaired) electrons. The van der Waals surface area contributed by atoms with Crippen LogP contribution in [-0.2, 0) is 16.0 Å². The van der Waals surface area contributed by atoms with Gasteiger partial charge in [-0.05, 0) is 24.6 Å². The van der Waals surface area contributed by atoms with Crippen molar-refractivity contribution in [1.29, 1.82) is 0 Å². The third-order valence-corrected chi connectivity index (χ3v) is 4.50. The van der Waals surface area contributed by atoms with E-state index in [4.69, 9.17) is 4.74 Å². The van der Waals surface area contributed by atoms with Crippen molar-refractivity contribution in [1.82, 2.24) is 14.8 Å². The van der Waals surface area contributed by atoms with Crippen LogP contribution >= 0.6 is 0 Å². The summed E-state index contributed by atoms with van der Waals surface area (Å²) in [5, 5.41) is 12.7. The first kappa shape index (κ1) is 18.5. The summed E-state index contributed by atoms with van der Waals surface area (Å²) in [6, 6.07) is 8.94. The molecule has 29 heavy (non-hydrogen) atoms. The maximum absolute atomic E-state index is 12.5. The van der Waals surface area contributed by atoms with Gasteiger partial charge in [-0.25, -0.2) is 0 Å². The molecular weight excluding hydrogens is 374 g/mol.